The van der Waals surface area contributed by atoms with Crippen molar-refractivity contribution in [3.05, 3.63) is 35.9 Å². The van der Waals surface area contributed by atoms with E-state index in [1.54, 1.807) is 13.8 Å². The van der Waals surface area contributed by atoms with Gasteiger partial charge in [0.05, 0.1) is 6.61 Å². The summed E-state index contributed by atoms with van der Waals surface area (Å²) in [4.78, 5) is 24.5. The van der Waals surface area contributed by atoms with Crippen LogP contribution >= 0.6 is 0 Å². The van der Waals surface area contributed by atoms with Gasteiger partial charge in [-0.2, -0.15) is 0 Å². The van der Waals surface area contributed by atoms with Gasteiger partial charge in [0, 0.05) is 24.8 Å². The van der Waals surface area contributed by atoms with Crippen molar-refractivity contribution in [2.24, 2.45) is 5.41 Å². The molecule has 5 nitrogen and oxygen atoms in total. The maximum atomic E-state index is 12.5. The number of ketones is 1. The van der Waals surface area contributed by atoms with Crippen LogP contribution in [0.5, 0.6) is 0 Å². The Morgan fingerprint density at radius 3 is 2.48 bits per heavy atom. The fourth-order valence-electron chi connectivity index (χ4n) is 2.79. The van der Waals surface area contributed by atoms with E-state index in [1.165, 1.54) is 0 Å². The monoisotopic (exact) mass is 347 g/mol. The summed E-state index contributed by atoms with van der Waals surface area (Å²) in [6.07, 6.45) is 0.978. The quantitative estimate of drug-likeness (QED) is 0.824. The van der Waals surface area contributed by atoms with Crippen LogP contribution in [0.15, 0.2) is 30.3 Å². The highest BCUT2D eigenvalue weighted by atomic mass is 16.7. The van der Waals surface area contributed by atoms with Gasteiger partial charge in [-0.05, 0) is 25.8 Å². The van der Waals surface area contributed by atoms with Crippen LogP contribution in [0.3, 0.4) is 0 Å². The molecule has 1 unspecified atom stereocenters. The standard InChI is InChI=1S/C20H29NO4/c1-19(2)14-24-20(3,4)25-17(19)18(23)21-13-12-16(22)11-10-15-8-6-5-7-9-15/h5-9,17H,10-14H2,1-4H3,(H,21,23). The van der Waals surface area contributed by atoms with Crippen molar-refractivity contribution in [1.29, 1.82) is 0 Å². The van der Waals surface area contributed by atoms with Crippen LogP contribution in [0, 0.1) is 5.41 Å². The van der Waals surface area contributed by atoms with E-state index in [1.807, 2.05) is 44.2 Å². The Kier molecular flexibility index (Phi) is 6.36. The molecule has 0 radical (unpaired) electrons. The Bertz CT molecular complexity index is 595. The van der Waals surface area contributed by atoms with E-state index in [0.29, 0.717) is 26.0 Å². The lowest BCUT2D eigenvalue weighted by Crippen LogP contribution is -2.56. The van der Waals surface area contributed by atoms with Gasteiger partial charge in [-0.3, -0.25) is 9.59 Å². The molecule has 0 bridgehead atoms. The number of hydrogen-bond acceptors (Lipinski definition) is 4. The summed E-state index contributed by atoms with van der Waals surface area (Å²) in [5, 5.41) is 2.83. The molecule has 1 atom stereocenters. The fourth-order valence-corrected chi connectivity index (χ4v) is 2.79. The predicted octanol–water partition coefficient (Wildman–Crippen LogP) is 2.87. The van der Waals surface area contributed by atoms with Crippen LogP contribution in [-0.2, 0) is 25.5 Å². The van der Waals surface area contributed by atoms with E-state index >= 15 is 0 Å². The van der Waals surface area contributed by atoms with E-state index in [2.05, 4.69) is 5.32 Å². The molecule has 1 aromatic carbocycles. The number of rotatable bonds is 7. The van der Waals surface area contributed by atoms with E-state index in [0.717, 1.165) is 12.0 Å². The number of carbonyl (C=O) groups excluding carboxylic acids is 2. The van der Waals surface area contributed by atoms with E-state index in [9.17, 15) is 9.59 Å². The Morgan fingerprint density at radius 2 is 1.80 bits per heavy atom. The number of amides is 1. The third kappa shape index (κ3) is 5.94. The molecule has 1 aliphatic rings. The summed E-state index contributed by atoms with van der Waals surface area (Å²) in [7, 11) is 0. The average Bonchev–Trinajstić information content (AvgIpc) is 2.56. The number of nitrogens with one attached hydrogen (secondary N) is 1. The molecule has 1 aliphatic heterocycles. The zero-order valence-electron chi connectivity index (χ0n) is 15.6. The van der Waals surface area contributed by atoms with Crippen molar-refractivity contribution in [3.8, 4) is 0 Å². The van der Waals surface area contributed by atoms with Crippen molar-refractivity contribution in [1.82, 2.24) is 5.32 Å². The second-order valence-corrected chi connectivity index (χ2v) is 7.74. The third-order valence-electron chi connectivity index (χ3n) is 4.38. The van der Waals surface area contributed by atoms with Crippen LogP contribution in [0.1, 0.15) is 46.1 Å². The lowest BCUT2D eigenvalue weighted by Gasteiger charge is -2.44. The molecule has 1 aromatic rings. The smallest absolute Gasteiger partial charge is 0.249 e. The van der Waals surface area contributed by atoms with Gasteiger partial charge in [0.25, 0.3) is 0 Å². The number of ether oxygens (including phenoxy) is 2. The average molecular weight is 347 g/mol. The van der Waals surface area contributed by atoms with Crippen molar-refractivity contribution in [2.75, 3.05) is 13.2 Å². The Labute approximate surface area is 150 Å². The highest BCUT2D eigenvalue weighted by Gasteiger charge is 2.45. The van der Waals surface area contributed by atoms with Crippen molar-refractivity contribution < 1.29 is 19.1 Å². The minimum atomic E-state index is -0.775. The number of Topliss-reactive ketones (excluding diaryl/α,β-unsaturated/α-hetero) is 1. The van der Waals surface area contributed by atoms with Gasteiger partial charge < -0.3 is 14.8 Å². The largest absolute Gasteiger partial charge is 0.353 e. The van der Waals surface area contributed by atoms with Gasteiger partial charge >= 0.3 is 0 Å². The van der Waals surface area contributed by atoms with Gasteiger partial charge in [-0.1, -0.05) is 44.2 Å². The first kappa shape index (κ1) is 19.6. The summed E-state index contributed by atoms with van der Waals surface area (Å²) in [6.45, 7) is 8.28. The summed E-state index contributed by atoms with van der Waals surface area (Å²) in [5.74, 6) is -0.808. The number of hydrogen-bond donors (Lipinski definition) is 1. The first-order chi connectivity index (χ1) is 11.7. The Hall–Kier alpha value is -1.72. The molecular weight excluding hydrogens is 318 g/mol. The van der Waals surface area contributed by atoms with Crippen LogP contribution in [-0.4, -0.2) is 36.7 Å². The number of benzene rings is 1. The zero-order valence-corrected chi connectivity index (χ0v) is 15.6. The van der Waals surface area contributed by atoms with Crippen LogP contribution in [0.4, 0.5) is 0 Å². The van der Waals surface area contributed by atoms with Crippen molar-refractivity contribution >= 4 is 11.7 Å². The number of carbonyl (C=O) groups is 2. The van der Waals surface area contributed by atoms with Crippen molar-refractivity contribution in [3.63, 3.8) is 0 Å². The molecular formula is C20H29NO4. The molecule has 1 amide bonds. The molecule has 0 spiro atoms. The molecule has 1 heterocycles. The van der Waals surface area contributed by atoms with Crippen LogP contribution in [0.25, 0.3) is 0 Å². The molecule has 0 aromatic heterocycles. The summed E-state index contributed by atoms with van der Waals surface area (Å²) in [6, 6.07) is 9.93. The highest BCUT2D eigenvalue weighted by molar-refractivity contribution is 5.83. The Balaban J connectivity index is 1.74. The molecule has 1 fully saturated rings. The SMILES string of the molecule is CC1(C)OCC(C)(C)C(C(=O)NCCC(=O)CCc2ccccc2)O1. The fraction of sp³-hybridized carbons (Fsp3) is 0.600. The molecule has 0 aliphatic carbocycles. The lowest BCUT2D eigenvalue weighted by atomic mass is 9.85. The van der Waals surface area contributed by atoms with E-state index in [4.69, 9.17) is 9.47 Å². The Morgan fingerprint density at radius 1 is 1.12 bits per heavy atom. The zero-order chi connectivity index (χ0) is 18.5. The lowest BCUT2D eigenvalue weighted by molar-refractivity contribution is -0.304. The number of aryl methyl sites for hydroxylation is 1. The maximum Gasteiger partial charge on any atom is 0.249 e. The topological polar surface area (TPSA) is 64.6 Å². The molecule has 1 saturated heterocycles. The predicted molar refractivity (Wildman–Crippen MR) is 96.1 cm³/mol. The van der Waals surface area contributed by atoms with E-state index < -0.39 is 17.3 Å². The maximum absolute atomic E-state index is 12.5. The normalized spacial score (nSPS) is 21.5. The van der Waals surface area contributed by atoms with Crippen LogP contribution in [0.2, 0.25) is 0 Å². The third-order valence-corrected chi connectivity index (χ3v) is 4.38. The summed E-state index contributed by atoms with van der Waals surface area (Å²) < 4.78 is 11.4. The molecule has 1 N–H and O–H groups in total. The molecule has 138 valence electrons. The second kappa shape index (κ2) is 8.11. The second-order valence-electron chi connectivity index (χ2n) is 7.74. The summed E-state index contributed by atoms with van der Waals surface area (Å²) in [5.41, 5.74) is 0.746. The van der Waals surface area contributed by atoms with Gasteiger partial charge in [0.1, 0.15) is 11.9 Å². The van der Waals surface area contributed by atoms with Gasteiger partial charge in [-0.15, -0.1) is 0 Å². The highest BCUT2D eigenvalue weighted by Crippen LogP contribution is 2.34. The molecule has 25 heavy (non-hydrogen) atoms. The van der Waals surface area contributed by atoms with Gasteiger partial charge in [0.2, 0.25) is 5.91 Å². The molecule has 5 heteroatoms. The molecule has 2 rings (SSSR count). The van der Waals surface area contributed by atoms with E-state index in [-0.39, 0.29) is 11.7 Å². The minimum Gasteiger partial charge on any atom is -0.353 e. The van der Waals surface area contributed by atoms with Gasteiger partial charge in [-0.25, -0.2) is 0 Å². The first-order valence-electron chi connectivity index (χ1n) is 8.85. The molecule has 0 saturated carbocycles. The summed E-state index contributed by atoms with van der Waals surface area (Å²) >= 11 is 0. The van der Waals surface area contributed by atoms with Crippen molar-refractivity contribution in [2.45, 2.75) is 58.8 Å². The van der Waals surface area contributed by atoms with Gasteiger partial charge in [0.15, 0.2) is 5.79 Å². The van der Waals surface area contributed by atoms with Crippen LogP contribution < -0.4 is 5.32 Å². The first-order valence-corrected chi connectivity index (χ1v) is 8.85. The minimum absolute atomic E-state index is 0.150.